The van der Waals surface area contributed by atoms with Gasteiger partial charge in [-0.1, -0.05) is 6.92 Å². The molecule has 0 aromatic carbocycles. The number of ether oxygens (including phenoxy) is 1. The number of hydrogen-bond donors (Lipinski definition) is 2. The first-order valence-corrected chi connectivity index (χ1v) is 7.87. The van der Waals surface area contributed by atoms with Gasteiger partial charge in [0.05, 0.1) is 12.5 Å². The fourth-order valence-corrected chi connectivity index (χ4v) is 2.52. The van der Waals surface area contributed by atoms with Crippen LogP contribution in [0.4, 0.5) is 0 Å². The van der Waals surface area contributed by atoms with Crippen LogP contribution in [0, 0.1) is 5.92 Å². The molecule has 22 heavy (non-hydrogen) atoms. The molecular weight excluding hydrogens is 325 g/mol. The molecule has 1 fully saturated rings. The molecule has 1 atom stereocenters. The van der Waals surface area contributed by atoms with Crippen LogP contribution in [0.2, 0.25) is 0 Å². The molecule has 0 aromatic heterocycles. The number of unbranched alkanes of at least 4 members (excludes halogenated alkanes) is 1. The molecule has 1 saturated heterocycles. The molecule has 1 rings (SSSR count). The summed E-state index contributed by atoms with van der Waals surface area (Å²) in [5.74, 6) is 0.927. The second-order valence-electron chi connectivity index (χ2n) is 5.88. The fraction of sp³-hybridized carbons (Fsp3) is 0.933. The Bertz CT molecular complexity index is 272. The number of carbonyl (C=O) groups is 1. The van der Waals surface area contributed by atoms with Gasteiger partial charge < -0.3 is 20.7 Å². The van der Waals surface area contributed by atoms with E-state index in [0.717, 1.165) is 31.8 Å². The molecule has 5 nitrogen and oxygen atoms in total. The van der Waals surface area contributed by atoms with E-state index >= 15 is 0 Å². The van der Waals surface area contributed by atoms with Crippen LogP contribution in [0.3, 0.4) is 0 Å². The average Bonchev–Trinajstić information content (AvgIpc) is 2.46. The third kappa shape index (κ3) is 10.6. The van der Waals surface area contributed by atoms with Gasteiger partial charge in [-0.15, -0.1) is 24.8 Å². The summed E-state index contributed by atoms with van der Waals surface area (Å²) in [7, 11) is 1.59. The van der Waals surface area contributed by atoms with E-state index in [1.165, 1.54) is 25.9 Å². The van der Waals surface area contributed by atoms with E-state index in [4.69, 9.17) is 10.5 Å². The Kier molecular flexibility index (Phi) is 16.0. The summed E-state index contributed by atoms with van der Waals surface area (Å²) in [6, 6.07) is 0. The van der Waals surface area contributed by atoms with Gasteiger partial charge in [0.2, 0.25) is 5.91 Å². The number of rotatable bonds is 9. The Morgan fingerprint density at radius 1 is 1.32 bits per heavy atom. The van der Waals surface area contributed by atoms with Crippen molar-refractivity contribution in [2.75, 3.05) is 39.8 Å². The highest BCUT2D eigenvalue weighted by Crippen LogP contribution is 2.15. The van der Waals surface area contributed by atoms with E-state index in [9.17, 15) is 4.79 Å². The minimum Gasteiger partial charge on any atom is -0.380 e. The smallest absolute Gasteiger partial charge is 0.222 e. The van der Waals surface area contributed by atoms with Crippen LogP contribution in [0.5, 0.6) is 0 Å². The highest BCUT2D eigenvalue weighted by molar-refractivity contribution is 5.85. The van der Waals surface area contributed by atoms with E-state index in [1.807, 2.05) is 0 Å². The van der Waals surface area contributed by atoms with Crippen molar-refractivity contribution < 1.29 is 9.53 Å². The molecule has 0 spiro atoms. The molecular formula is C15H33Cl2N3O2. The number of nitrogens with one attached hydrogen (secondary N) is 1. The maximum Gasteiger partial charge on any atom is 0.222 e. The molecule has 1 aliphatic rings. The highest BCUT2D eigenvalue weighted by Gasteiger charge is 2.15. The summed E-state index contributed by atoms with van der Waals surface area (Å²) in [6.45, 7) is 7.11. The molecule has 0 aromatic rings. The number of amides is 1. The maximum absolute atomic E-state index is 11.6. The second kappa shape index (κ2) is 14.5. The summed E-state index contributed by atoms with van der Waals surface area (Å²) in [4.78, 5) is 14.2. The third-order valence-corrected chi connectivity index (χ3v) is 4.11. The van der Waals surface area contributed by atoms with Crippen LogP contribution >= 0.6 is 24.8 Å². The fourth-order valence-electron chi connectivity index (χ4n) is 2.52. The van der Waals surface area contributed by atoms with Crippen molar-refractivity contribution in [1.29, 1.82) is 0 Å². The van der Waals surface area contributed by atoms with Crippen molar-refractivity contribution in [2.24, 2.45) is 11.7 Å². The van der Waals surface area contributed by atoms with Crippen molar-refractivity contribution in [1.82, 2.24) is 10.2 Å². The standard InChI is InChI=1S/C15H31N3O2.2ClH/c1-13-5-9-18(10-6-13)8-4-3-7-17-15(19)11-14(12-16)20-2;;/h13-14H,3-12,16H2,1-2H3,(H,17,19);2*1H. The quantitative estimate of drug-likeness (QED) is 0.617. The number of likely N-dealkylation sites (tertiary alicyclic amines) is 1. The normalized spacial score (nSPS) is 17.2. The number of nitrogens with zero attached hydrogens (tertiary/aromatic N) is 1. The Balaban J connectivity index is 0. The van der Waals surface area contributed by atoms with Gasteiger partial charge in [-0.05, 0) is 51.2 Å². The minimum atomic E-state index is -0.162. The van der Waals surface area contributed by atoms with Crippen molar-refractivity contribution in [3.63, 3.8) is 0 Å². The van der Waals surface area contributed by atoms with Crippen LogP contribution in [-0.4, -0.2) is 56.7 Å². The lowest BCUT2D eigenvalue weighted by atomic mass is 9.99. The molecule has 1 amide bonds. The summed E-state index contributed by atoms with van der Waals surface area (Å²) >= 11 is 0. The van der Waals surface area contributed by atoms with Gasteiger partial charge in [0.15, 0.2) is 0 Å². The van der Waals surface area contributed by atoms with Gasteiger partial charge in [0.1, 0.15) is 0 Å². The molecule has 0 saturated carbocycles. The predicted octanol–water partition coefficient (Wildman–Crippen LogP) is 1.82. The molecule has 0 aliphatic carbocycles. The van der Waals surface area contributed by atoms with Gasteiger partial charge in [-0.25, -0.2) is 0 Å². The largest absolute Gasteiger partial charge is 0.380 e. The van der Waals surface area contributed by atoms with Crippen LogP contribution in [0.25, 0.3) is 0 Å². The number of carbonyl (C=O) groups excluding carboxylic acids is 1. The number of hydrogen-bond acceptors (Lipinski definition) is 4. The first kappa shape index (κ1) is 24.2. The average molecular weight is 358 g/mol. The van der Waals surface area contributed by atoms with Crippen LogP contribution in [-0.2, 0) is 9.53 Å². The lowest BCUT2D eigenvalue weighted by Gasteiger charge is -2.30. The zero-order valence-electron chi connectivity index (χ0n) is 13.9. The molecule has 0 bridgehead atoms. The van der Waals surface area contributed by atoms with Crippen LogP contribution in [0.15, 0.2) is 0 Å². The summed E-state index contributed by atoms with van der Waals surface area (Å²) in [5.41, 5.74) is 5.49. The van der Waals surface area contributed by atoms with Crippen LogP contribution in [0.1, 0.15) is 39.0 Å². The predicted molar refractivity (Wildman–Crippen MR) is 96.0 cm³/mol. The van der Waals surface area contributed by atoms with E-state index in [-0.39, 0.29) is 36.8 Å². The number of nitrogens with two attached hydrogens (primary N) is 1. The lowest BCUT2D eigenvalue weighted by molar-refractivity contribution is -0.123. The van der Waals surface area contributed by atoms with E-state index in [2.05, 4.69) is 17.1 Å². The Morgan fingerprint density at radius 2 is 1.95 bits per heavy atom. The Morgan fingerprint density at radius 3 is 2.50 bits per heavy atom. The molecule has 1 unspecified atom stereocenters. The zero-order valence-corrected chi connectivity index (χ0v) is 15.5. The SMILES string of the molecule is COC(CN)CC(=O)NCCCCN1CCC(C)CC1.Cl.Cl. The third-order valence-electron chi connectivity index (χ3n) is 4.11. The summed E-state index contributed by atoms with van der Waals surface area (Å²) in [6.07, 6.45) is 5.04. The van der Waals surface area contributed by atoms with E-state index in [0.29, 0.717) is 13.0 Å². The van der Waals surface area contributed by atoms with Gasteiger partial charge >= 0.3 is 0 Å². The Hall–Kier alpha value is -0.0700. The lowest BCUT2D eigenvalue weighted by Crippen LogP contribution is -2.34. The molecule has 1 aliphatic heterocycles. The van der Waals surface area contributed by atoms with Crippen molar-refractivity contribution in [2.45, 2.75) is 45.1 Å². The minimum absolute atomic E-state index is 0. The summed E-state index contributed by atoms with van der Waals surface area (Å²) in [5, 5.41) is 2.93. The molecule has 134 valence electrons. The topological polar surface area (TPSA) is 67.6 Å². The highest BCUT2D eigenvalue weighted by atomic mass is 35.5. The van der Waals surface area contributed by atoms with Crippen molar-refractivity contribution in [3.05, 3.63) is 0 Å². The molecule has 7 heteroatoms. The van der Waals surface area contributed by atoms with E-state index in [1.54, 1.807) is 7.11 Å². The van der Waals surface area contributed by atoms with Crippen LogP contribution < -0.4 is 11.1 Å². The summed E-state index contributed by atoms with van der Waals surface area (Å²) < 4.78 is 5.09. The zero-order chi connectivity index (χ0) is 14.8. The molecule has 3 N–H and O–H groups in total. The maximum atomic E-state index is 11.6. The van der Waals surface area contributed by atoms with Crippen molar-refractivity contribution in [3.8, 4) is 0 Å². The Labute approximate surface area is 147 Å². The van der Waals surface area contributed by atoms with E-state index < -0.39 is 0 Å². The molecule has 1 heterocycles. The van der Waals surface area contributed by atoms with Gasteiger partial charge in [-0.3, -0.25) is 4.79 Å². The van der Waals surface area contributed by atoms with Gasteiger partial charge in [-0.2, -0.15) is 0 Å². The van der Waals surface area contributed by atoms with Crippen molar-refractivity contribution >= 4 is 30.7 Å². The van der Waals surface area contributed by atoms with Gasteiger partial charge in [0.25, 0.3) is 0 Å². The first-order chi connectivity index (χ1) is 9.65. The second-order valence-corrected chi connectivity index (χ2v) is 5.88. The number of methoxy groups -OCH3 is 1. The molecule has 0 radical (unpaired) electrons. The monoisotopic (exact) mass is 357 g/mol. The first-order valence-electron chi connectivity index (χ1n) is 7.87. The van der Waals surface area contributed by atoms with Gasteiger partial charge in [0, 0.05) is 20.2 Å². The number of halogens is 2. The number of piperidine rings is 1.